The fourth-order valence-electron chi connectivity index (χ4n) is 2.01. The van der Waals surface area contributed by atoms with Gasteiger partial charge in [0.15, 0.2) is 0 Å². The topological polar surface area (TPSA) is 21.3 Å². The van der Waals surface area contributed by atoms with Gasteiger partial charge in [-0.2, -0.15) is 0 Å². The van der Waals surface area contributed by atoms with E-state index in [9.17, 15) is 0 Å². The molecule has 1 atom stereocenters. The van der Waals surface area contributed by atoms with E-state index in [2.05, 4.69) is 33.0 Å². The van der Waals surface area contributed by atoms with E-state index in [0.29, 0.717) is 15.8 Å². The fourth-order valence-corrected chi connectivity index (χ4v) is 2.52. The zero-order valence-corrected chi connectivity index (χ0v) is 13.1. The SMILES string of the molecule is CCNC(c1cc(Cl)c(OC)cc1Cl)C(C)(C)C. The van der Waals surface area contributed by atoms with Crippen molar-refractivity contribution in [2.75, 3.05) is 13.7 Å². The summed E-state index contributed by atoms with van der Waals surface area (Å²) in [5, 5.41) is 4.73. The van der Waals surface area contributed by atoms with Gasteiger partial charge in [0, 0.05) is 17.1 Å². The lowest BCUT2D eigenvalue weighted by Gasteiger charge is -2.32. The summed E-state index contributed by atoms with van der Waals surface area (Å²) in [7, 11) is 1.59. The van der Waals surface area contributed by atoms with E-state index in [0.717, 1.165) is 12.1 Å². The quantitative estimate of drug-likeness (QED) is 0.868. The molecule has 1 unspecified atom stereocenters. The molecule has 0 aliphatic rings. The number of methoxy groups -OCH3 is 1. The Labute approximate surface area is 120 Å². The van der Waals surface area contributed by atoms with Crippen molar-refractivity contribution in [3.8, 4) is 5.75 Å². The normalized spacial score (nSPS) is 13.5. The van der Waals surface area contributed by atoms with Crippen LogP contribution < -0.4 is 10.1 Å². The van der Waals surface area contributed by atoms with Crippen molar-refractivity contribution >= 4 is 23.2 Å². The van der Waals surface area contributed by atoms with E-state index in [-0.39, 0.29) is 11.5 Å². The van der Waals surface area contributed by atoms with Gasteiger partial charge in [-0.1, -0.05) is 50.9 Å². The van der Waals surface area contributed by atoms with Crippen LogP contribution in [0.1, 0.15) is 39.3 Å². The second-order valence-electron chi connectivity index (χ2n) is 5.36. The van der Waals surface area contributed by atoms with Crippen LogP contribution in [0.15, 0.2) is 12.1 Å². The monoisotopic (exact) mass is 289 g/mol. The Hall–Kier alpha value is -0.440. The molecule has 0 amide bonds. The summed E-state index contributed by atoms with van der Waals surface area (Å²) in [6.45, 7) is 9.48. The van der Waals surface area contributed by atoms with Crippen molar-refractivity contribution in [2.45, 2.75) is 33.7 Å². The molecule has 0 fully saturated rings. The number of nitrogens with one attached hydrogen (secondary N) is 1. The van der Waals surface area contributed by atoms with Crippen LogP contribution in [-0.4, -0.2) is 13.7 Å². The van der Waals surface area contributed by atoms with Crippen molar-refractivity contribution in [1.82, 2.24) is 5.32 Å². The van der Waals surface area contributed by atoms with Crippen LogP contribution in [0.5, 0.6) is 5.75 Å². The number of hydrogen-bond donors (Lipinski definition) is 1. The van der Waals surface area contributed by atoms with E-state index in [1.807, 2.05) is 6.07 Å². The van der Waals surface area contributed by atoms with Crippen molar-refractivity contribution in [3.05, 3.63) is 27.7 Å². The summed E-state index contributed by atoms with van der Waals surface area (Å²) in [5.41, 5.74) is 1.06. The van der Waals surface area contributed by atoms with Gasteiger partial charge < -0.3 is 10.1 Å². The molecular formula is C14H21Cl2NO. The van der Waals surface area contributed by atoms with Crippen LogP contribution in [-0.2, 0) is 0 Å². The maximum Gasteiger partial charge on any atom is 0.138 e. The molecular weight excluding hydrogens is 269 g/mol. The van der Waals surface area contributed by atoms with Gasteiger partial charge in [-0.3, -0.25) is 0 Å². The second kappa shape index (κ2) is 6.14. The van der Waals surface area contributed by atoms with Gasteiger partial charge in [0.2, 0.25) is 0 Å². The predicted molar refractivity (Wildman–Crippen MR) is 78.9 cm³/mol. The number of halogens is 2. The Morgan fingerprint density at radius 1 is 1.22 bits per heavy atom. The molecule has 0 heterocycles. The Morgan fingerprint density at radius 2 is 1.83 bits per heavy atom. The number of hydrogen-bond acceptors (Lipinski definition) is 2. The lowest BCUT2D eigenvalue weighted by molar-refractivity contribution is 0.276. The molecule has 2 nitrogen and oxygen atoms in total. The van der Waals surface area contributed by atoms with Gasteiger partial charge in [-0.15, -0.1) is 0 Å². The van der Waals surface area contributed by atoms with E-state index in [1.54, 1.807) is 13.2 Å². The summed E-state index contributed by atoms with van der Waals surface area (Å²) in [4.78, 5) is 0. The van der Waals surface area contributed by atoms with Crippen molar-refractivity contribution < 1.29 is 4.74 Å². The molecule has 0 saturated heterocycles. The minimum absolute atomic E-state index is 0.0531. The second-order valence-corrected chi connectivity index (χ2v) is 6.18. The molecule has 1 aromatic carbocycles. The van der Waals surface area contributed by atoms with Gasteiger partial charge >= 0.3 is 0 Å². The Balaban J connectivity index is 3.25. The minimum Gasteiger partial charge on any atom is -0.495 e. The Kier molecular flexibility index (Phi) is 5.32. The van der Waals surface area contributed by atoms with Crippen LogP contribution in [0.4, 0.5) is 0 Å². The third kappa shape index (κ3) is 3.53. The van der Waals surface area contributed by atoms with Gasteiger partial charge in [-0.05, 0) is 23.6 Å². The number of benzene rings is 1. The van der Waals surface area contributed by atoms with Crippen molar-refractivity contribution in [3.63, 3.8) is 0 Å². The van der Waals surface area contributed by atoms with Gasteiger partial charge in [0.1, 0.15) is 5.75 Å². The van der Waals surface area contributed by atoms with Crippen molar-refractivity contribution in [2.24, 2.45) is 5.41 Å². The average molecular weight is 290 g/mol. The molecule has 0 saturated carbocycles. The molecule has 0 radical (unpaired) electrons. The highest BCUT2D eigenvalue weighted by Gasteiger charge is 2.28. The summed E-state index contributed by atoms with van der Waals surface area (Å²) in [6, 6.07) is 3.81. The predicted octanol–water partition coefficient (Wildman–Crippen LogP) is 4.70. The zero-order chi connectivity index (χ0) is 13.9. The molecule has 1 aromatic rings. The smallest absolute Gasteiger partial charge is 0.138 e. The first-order valence-electron chi connectivity index (χ1n) is 6.07. The first-order valence-corrected chi connectivity index (χ1v) is 6.83. The van der Waals surface area contributed by atoms with Gasteiger partial charge in [0.05, 0.1) is 12.1 Å². The van der Waals surface area contributed by atoms with E-state index in [1.165, 1.54) is 0 Å². The molecule has 1 rings (SSSR count). The summed E-state index contributed by atoms with van der Waals surface area (Å²) >= 11 is 12.5. The third-order valence-corrected chi connectivity index (χ3v) is 3.48. The Morgan fingerprint density at radius 3 is 2.28 bits per heavy atom. The zero-order valence-electron chi connectivity index (χ0n) is 11.6. The maximum absolute atomic E-state index is 6.34. The molecule has 1 N–H and O–H groups in total. The average Bonchev–Trinajstić information content (AvgIpc) is 2.27. The van der Waals surface area contributed by atoms with Crippen LogP contribution in [0.25, 0.3) is 0 Å². The Bertz CT molecular complexity index is 413. The van der Waals surface area contributed by atoms with E-state index in [4.69, 9.17) is 27.9 Å². The number of rotatable bonds is 4. The minimum atomic E-state index is 0.0531. The fraction of sp³-hybridized carbons (Fsp3) is 0.571. The summed E-state index contributed by atoms with van der Waals surface area (Å²) < 4.78 is 5.17. The number of ether oxygens (including phenoxy) is 1. The van der Waals surface area contributed by atoms with Crippen LogP contribution in [0.3, 0.4) is 0 Å². The van der Waals surface area contributed by atoms with Gasteiger partial charge in [0.25, 0.3) is 0 Å². The molecule has 4 heteroatoms. The third-order valence-electron chi connectivity index (χ3n) is 2.86. The van der Waals surface area contributed by atoms with Gasteiger partial charge in [-0.25, -0.2) is 0 Å². The highest BCUT2D eigenvalue weighted by Crippen LogP contribution is 2.40. The molecule has 0 spiro atoms. The first kappa shape index (κ1) is 15.6. The van der Waals surface area contributed by atoms with Crippen LogP contribution in [0, 0.1) is 5.41 Å². The van der Waals surface area contributed by atoms with Crippen LogP contribution >= 0.6 is 23.2 Å². The molecule has 0 bridgehead atoms. The van der Waals surface area contributed by atoms with Crippen LogP contribution in [0.2, 0.25) is 10.0 Å². The molecule has 0 aliphatic carbocycles. The van der Waals surface area contributed by atoms with E-state index < -0.39 is 0 Å². The molecule has 102 valence electrons. The molecule has 0 aromatic heterocycles. The standard InChI is InChI=1S/C14H21Cl2NO/c1-6-17-13(14(2,3)4)9-7-11(16)12(18-5)8-10(9)15/h7-8,13,17H,6H2,1-5H3. The molecule has 0 aliphatic heterocycles. The van der Waals surface area contributed by atoms with E-state index >= 15 is 0 Å². The lowest BCUT2D eigenvalue weighted by Crippen LogP contribution is -2.32. The highest BCUT2D eigenvalue weighted by molar-refractivity contribution is 6.34. The highest BCUT2D eigenvalue weighted by atomic mass is 35.5. The maximum atomic E-state index is 6.34. The summed E-state index contributed by atoms with van der Waals surface area (Å²) in [6.07, 6.45) is 0. The largest absolute Gasteiger partial charge is 0.495 e. The van der Waals surface area contributed by atoms with Crippen molar-refractivity contribution in [1.29, 1.82) is 0 Å². The summed E-state index contributed by atoms with van der Waals surface area (Å²) in [5.74, 6) is 0.606. The first-order chi connectivity index (χ1) is 8.31. The lowest BCUT2D eigenvalue weighted by atomic mass is 9.82. The molecule has 18 heavy (non-hydrogen) atoms.